The fourth-order valence-electron chi connectivity index (χ4n) is 3.39. The molecule has 0 radical (unpaired) electrons. The molecule has 1 amide bonds. The first-order chi connectivity index (χ1) is 12.7. The van der Waals surface area contributed by atoms with Crippen LogP contribution in [-0.2, 0) is 4.79 Å². The minimum absolute atomic E-state index is 0. The van der Waals surface area contributed by atoms with Gasteiger partial charge in [-0.25, -0.2) is 0 Å². The van der Waals surface area contributed by atoms with Crippen LogP contribution in [-0.4, -0.2) is 30.6 Å². The van der Waals surface area contributed by atoms with Crippen molar-refractivity contribution in [3.05, 3.63) is 0 Å². The van der Waals surface area contributed by atoms with Gasteiger partial charge >= 0.3 is 0 Å². The van der Waals surface area contributed by atoms with Crippen LogP contribution in [0.5, 0.6) is 0 Å². The van der Waals surface area contributed by atoms with Crippen molar-refractivity contribution in [3.63, 3.8) is 0 Å². The smallest absolute Gasteiger partial charge is 0.220 e. The van der Waals surface area contributed by atoms with E-state index in [-0.39, 0.29) is 18.3 Å². The van der Waals surface area contributed by atoms with E-state index in [9.17, 15) is 4.79 Å². The molecule has 0 heterocycles. The van der Waals surface area contributed by atoms with Gasteiger partial charge in [0.1, 0.15) is 0 Å². The SMILES string of the molecule is CCCCCCCCCCCCCCCCCC(=O)NCN(CC)CC.Cl. The van der Waals surface area contributed by atoms with E-state index in [0.717, 1.165) is 19.5 Å². The molecule has 0 aromatic rings. The molecule has 164 valence electrons. The Hall–Kier alpha value is -0.280. The van der Waals surface area contributed by atoms with Gasteiger partial charge in [-0.1, -0.05) is 111 Å². The molecule has 0 unspecified atom stereocenters. The molecule has 0 aliphatic rings. The number of hydrogen-bond acceptors (Lipinski definition) is 2. The zero-order valence-corrected chi connectivity index (χ0v) is 19.5. The molecular weight excluding hydrogens is 356 g/mol. The van der Waals surface area contributed by atoms with Crippen LogP contribution < -0.4 is 5.32 Å². The van der Waals surface area contributed by atoms with Gasteiger partial charge in [0.25, 0.3) is 0 Å². The van der Waals surface area contributed by atoms with Gasteiger partial charge in [0.05, 0.1) is 6.67 Å². The Morgan fingerprint density at radius 2 is 1.00 bits per heavy atom. The highest BCUT2D eigenvalue weighted by molar-refractivity contribution is 5.85. The molecule has 0 aliphatic carbocycles. The van der Waals surface area contributed by atoms with E-state index in [1.54, 1.807) is 0 Å². The van der Waals surface area contributed by atoms with Crippen molar-refractivity contribution in [2.24, 2.45) is 0 Å². The number of hydrogen-bond donors (Lipinski definition) is 1. The van der Waals surface area contributed by atoms with Crippen molar-refractivity contribution in [2.75, 3.05) is 19.8 Å². The van der Waals surface area contributed by atoms with Crippen molar-refractivity contribution < 1.29 is 4.79 Å². The first-order valence-corrected chi connectivity index (χ1v) is 11.7. The Kier molecular flexibility index (Phi) is 25.5. The number of carbonyl (C=O) groups is 1. The largest absolute Gasteiger partial charge is 0.343 e. The third-order valence-electron chi connectivity index (χ3n) is 5.40. The summed E-state index contributed by atoms with van der Waals surface area (Å²) in [4.78, 5) is 14.0. The molecule has 27 heavy (non-hydrogen) atoms. The van der Waals surface area contributed by atoms with E-state index in [1.807, 2.05) is 0 Å². The lowest BCUT2D eigenvalue weighted by atomic mass is 10.0. The molecule has 0 rings (SSSR count). The number of nitrogens with zero attached hydrogens (tertiary/aromatic N) is 1. The van der Waals surface area contributed by atoms with E-state index in [0.29, 0.717) is 13.1 Å². The topological polar surface area (TPSA) is 32.3 Å². The normalized spacial score (nSPS) is 10.8. The molecule has 3 nitrogen and oxygen atoms in total. The van der Waals surface area contributed by atoms with E-state index < -0.39 is 0 Å². The summed E-state index contributed by atoms with van der Waals surface area (Å²) in [6.07, 6.45) is 21.2. The van der Waals surface area contributed by atoms with E-state index in [4.69, 9.17) is 0 Å². The summed E-state index contributed by atoms with van der Waals surface area (Å²) in [5, 5.41) is 3.02. The highest BCUT2D eigenvalue weighted by Crippen LogP contribution is 2.13. The second-order valence-electron chi connectivity index (χ2n) is 7.76. The lowest BCUT2D eigenvalue weighted by molar-refractivity contribution is -0.121. The zero-order chi connectivity index (χ0) is 19.3. The highest BCUT2D eigenvalue weighted by Gasteiger charge is 2.03. The lowest BCUT2D eigenvalue weighted by Gasteiger charge is -2.18. The predicted molar refractivity (Wildman–Crippen MR) is 123 cm³/mol. The van der Waals surface area contributed by atoms with Crippen molar-refractivity contribution in [1.29, 1.82) is 0 Å². The third-order valence-corrected chi connectivity index (χ3v) is 5.40. The number of nitrogens with one attached hydrogen (secondary N) is 1. The Balaban J connectivity index is 0. The summed E-state index contributed by atoms with van der Waals surface area (Å²) in [5.74, 6) is 0.214. The zero-order valence-electron chi connectivity index (χ0n) is 18.7. The predicted octanol–water partition coefficient (Wildman–Crippen LogP) is 7.09. The molecule has 0 bridgehead atoms. The van der Waals surface area contributed by atoms with Gasteiger partial charge in [0.15, 0.2) is 0 Å². The van der Waals surface area contributed by atoms with Gasteiger partial charge in [0, 0.05) is 6.42 Å². The lowest BCUT2D eigenvalue weighted by Crippen LogP contribution is -2.37. The summed E-state index contributed by atoms with van der Waals surface area (Å²) >= 11 is 0. The first-order valence-electron chi connectivity index (χ1n) is 11.7. The van der Waals surface area contributed by atoms with Crippen LogP contribution in [0.3, 0.4) is 0 Å². The van der Waals surface area contributed by atoms with Gasteiger partial charge in [-0.3, -0.25) is 9.69 Å². The van der Waals surface area contributed by atoms with Gasteiger partial charge in [0.2, 0.25) is 5.91 Å². The Bertz CT molecular complexity index is 296. The summed E-state index contributed by atoms with van der Waals surface area (Å²) in [6.45, 7) is 9.23. The summed E-state index contributed by atoms with van der Waals surface area (Å²) in [5.41, 5.74) is 0. The molecule has 0 atom stereocenters. The molecular formula is C23H49ClN2O. The Morgan fingerprint density at radius 1 is 0.630 bits per heavy atom. The van der Waals surface area contributed by atoms with Crippen LogP contribution in [0.25, 0.3) is 0 Å². The maximum atomic E-state index is 11.8. The molecule has 0 fully saturated rings. The average molecular weight is 405 g/mol. The molecule has 1 N–H and O–H groups in total. The number of unbranched alkanes of at least 4 members (excludes halogenated alkanes) is 14. The number of carbonyl (C=O) groups excluding carboxylic acids is 1. The fraction of sp³-hybridized carbons (Fsp3) is 0.957. The second-order valence-corrected chi connectivity index (χ2v) is 7.76. The van der Waals surface area contributed by atoms with Crippen molar-refractivity contribution in [3.8, 4) is 0 Å². The quantitative estimate of drug-likeness (QED) is 0.173. The molecule has 0 aliphatic heterocycles. The second kappa shape index (κ2) is 23.8. The molecule has 0 aromatic carbocycles. The maximum absolute atomic E-state index is 11.8. The van der Waals surface area contributed by atoms with E-state index in [1.165, 1.54) is 89.9 Å². The van der Waals surface area contributed by atoms with E-state index >= 15 is 0 Å². The van der Waals surface area contributed by atoms with Crippen molar-refractivity contribution in [1.82, 2.24) is 10.2 Å². The number of halogens is 1. The first kappa shape index (κ1) is 28.9. The van der Waals surface area contributed by atoms with Gasteiger partial charge in [-0.15, -0.1) is 12.4 Å². The Labute approximate surface area is 176 Å². The number of amides is 1. The van der Waals surface area contributed by atoms with Crippen LogP contribution in [0.1, 0.15) is 124 Å². The van der Waals surface area contributed by atoms with Crippen molar-refractivity contribution in [2.45, 2.75) is 124 Å². The maximum Gasteiger partial charge on any atom is 0.220 e. The monoisotopic (exact) mass is 404 g/mol. The van der Waals surface area contributed by atoms with Crippen LogP contribution >= 0.6 is 12.4 Å². The molecule has 0 aromatic heterocycles. The third kappa shape index (κ3) is 21.9. The molecule has 4 heteroatoms. The molecule has 0 saturated heterocycles. The fourth-order valence-corrected chi connectivity index (χ4v) is 3.39. The van der Waals surface area contributed by atoms with Gasteiger partial charge in [-0.05, 0) is 19.5 Å². The highest BCUT2D eigenvalue weighted by atomic mass is 35.5. The summed E-state index contributed by atoms with van der Waals surface area (Å²) in [7, 11) is 0. The minimum atomic E-state index is 0. The number of rotatable bonds is 20. The standard InChI is InChI=1S/C23H48N2O.ClH/c1-4-7-8-9-10-11-12-13-14-15-16-17-18-19-20-21-23(26)24-22-25(5-2)6-3;/h4-22H2,1-3H3,(H,24,26);1H. The molecule has 0 spiro atoms. The van der Waals surface area contributed by atoms with Crippen LogP contribution in [0, 0.1) is 0 Å². The minimum Gasteiger partial charge on any atom is -0.343 e. The van der Waals surface area contributed by atoms with Gasteiger partial charge < -0.3 is 5.32 Å². The Morgan fingerprint density at radius 3 is 1.37 bits per heavy atom. The van der Waals surface area contributed by atoms with Crippen molar-refractivity contribution >= 4 is 18.3 Å². The van der Waals surface area contributed by atoms with E-state index in [2.05, 4.69) is 31.0 Å². The molecule has 0 saturated carbocycles. The van der Waals surface area contributed by atoms with Crippen LogP contribution in [0.15, 0.2) is 0 Å². The summed E-state index contributed by atoms with van der Waals surface area (Å²) in [6, 6.07) is 0. The average Bonchev–Trinajstić information content (AvgIpc) is 2.65. The van der Waals surface area contributed by atoms with Gasteiger partial charge in [-0.2, -0.15) is 0 Å². The van der Waals surface area contributed by atoms with Crippen LogP contribution in [0.4, 0.5) is 0 Å². The van der Waals surface area contributed by atoms with Crippen LogP contribution in [0.2, 0.25) is 0 Å². The summed E-state index contributed by atoms with van der Waals surface area (Å²) < 4.78 is 0.